The fraction of sp³-hybridized carbons (Fsp3) is 0.474. The van der Waals surface area contributed by atoms with Crippen LogP contribution in [0.3, 0.4) is 0 Å². The zero-order valence-corrected chi connectivity index (χ0v) is 13.8. The summed E-state index contributed by atoms with van der Waals surface area (Å²) in [4.78, 5) is 15.0. The maximum Gasteiger partial charge on any atom is 0.251 e. The quantitative estimate of drug-likeness (QED) is 0.847. The highest BCUT2D eigenvalue weighted by Gasteiger charge is 2.27. The Bertz CT molecular complexity index is 603. The zero-order chi connectivity index (χ0) is 16.1. The summed E-state index contributed by atoms with van der Waals surface area (Å²) in [5, 5.41) is 4.31. The van der Waals surface area contributed by atoms with Crippen molar-refractivity contribution in [1.82, 2.24) is 14.7 Å². The minimum atomic E-state index is -0.375. The second-order valence-electron chi connectivity index (χ2n) is 6.52. The van der Waals surface area contributed by atoms with Crippen molar-refractivity contribution in [2.45, 2.75) is 38.1 Å². The third-order valence-electron chi connectivity index (χ3n) is 4.77. The predicted molar refractivity (Wildman–Crippen MR) is 91.0 cm³/mol. The van der Waals surface area contributed by atoms with Gasteiger partial charge in [0.05, 0.1) is 0 Å². The van der Waals surface area contributed by atoms with E-state index in [0.29, 0.717) is 5.92 Å². The highest BCUT2D eigenvalue weighted by atomic mass is 16.2. The van der Waals surface area contributed by atoms with Crippen molar-refractivity contribution in [1.29, 1.82) is 0 Å². The molecule has 4 nitrogen and oxygen atoms in total. The number of hydrogen-bond donors (Lipinski definition) is 0. The fourth-order valence-corrected chi connectivity index (χ4v) is 3.53. The van der Waals surface area contributed by atoms with Gasteiger partial charge in [-0.25, -0.2) is 0 Å². The molecule has 1 aliphatic rings. The van der Waals surface area contributed by atoms with Gasteiger partial charge in [-0.3, -0.25) is 9.48 Å². The number of rotatable bonds is 5. The number of likely N-dealkylation sites (N-methyl/N-ethyl adjacent to an activating group) is 1. The summed E-state index contributed by atoms with van der Waals surface area (Å²) in [5.41, 5.74) is 0.983. The van der Waals surface area contributed by atoms with Gasteiger partial charge in [0.2, 0.25) is 0 Å². The number of carbonyl (C=O) groups excluding carboxylic acids is 1. The SMILES string of the molecule is CN(CC1CCCCC1)C(=O)C(c1ccccc1)n1cccn1. The summed E-state index contributed by atoms with van der Waals surface area (Å²) >= 11 is 0. The Kier molecular flexibility index (Phi) is 5.11. The van der Waals surface area contributed by atoms with Crippen molar-refractivity contribution < 1.29 is 4.79 Å². The molecular weight excluding hydrogens is 286 g/mol. The van der Waals surface area contributed by atoms with Crippen LogP contribution in [0.25, 0.3) is 0 Å². The van der Waals surface area contributed by atoms with E-state index in [1.807, 2.05) is 54.5 Å². The van der Waals surface area contributed by atoms with Gasteiger partial charge in [0, 0.05) is 26.0 Å². The molecule has 1 fully saturated rings. The minimum absolute atomic E-state index is 0.116. The highest BCUT2D eigenvalue weighted by molar-refractivity contribution is 5.83. The normalized spacial score (nSPS) is 16.9. The molecular formula is C19H25N3O. The fourth-order valence-electron chi connectivity index (χ4n) is 3.53. The Morgan fingerprint density at radius 1 is 1.22 bits per heavy atom. The van der Waals surface area contributed by atoms with E-state index >= 15 is 0 Å². The van der Waals surface area contributed by atoms with Crippen LogP contribution in [0, 0.1) is 5.92 Å². The minimum Gasteiger partial charge on any atom is -0.343 e. The van der Waals surface area contributed by atoms with Crippen molar-refractivity contribution in [2.75, 3.05) is 13.6 Å². The lowest BCUT2D eigenvalue weighted by Crippen LogP contribution is -2.38. The van der Waals surface area contributed by atoms with Crippen LogP contribution < -0.4 is 0 Å². The average molecular weight is 311 g/mol. The van der Waals surface area contributed by atoms with Gasteiger partial charge in [0.1, 0.15) is 0 Å². The largest absolute Gasteiger partial charge is 0.343 e. The molecule has 3 rings (SSSR count). The third-order valence-corrected chi connectivity index (χ3v) is 4.77. The van der Waals surface area contributed by atoms with Gasteiger partial charge in [0.25, 0.3) is 5.91 Å². The lowest BCUT2D eigenvalue weighted by Gasteiger charge is -2.30. The van der Waals surface area contributed by atoms with Crippen molar-refractivity contribution in [3.63, 3.8) is 0 Å². The lowest BCUT2D eigenvalue weighted by molar-refractivity contribution is -0.133. The van der Waals surface area contributed by atoms with E-state index in [9.17, 15) is 4.79 Å². The van der Waals surface area contributed by atoms with E-state index < -0.39 is 0 Å². The monoisotopic (exact) mass is 311 g/mol. The van der Waals surface area contributed by atoms with E-state index in [0.717, 1.165) is 12.1 Å². The third kappa shape index (κ3) is 3.81. The number of benzene rings is 1. The standard InChI is InChI=1S/C19H25N3O/c1-21(15-16-9-4-2-5-10-16)19(23)18(22-14-8-13-20-22)17-11-6-3-7-12-17/h3,6-8,11-14,16,18H,2,4-5,9-10,15H2,1H3. The van der Waals surface area contributed by atoms with Crippen LogP contribution in [0.2, 0.25) is 0 Å². The maximum atomic E-state index is 13.1. The van der Waals surface area contributed by atoms with Gasteiger partial charge in [-0.15, -0.1) is 0 Å². The highest BCUT2D eigenvalue weighted by Crippen LogP contribution is 2.26. The van der Waals surface area contributed by atoms with Crippen molar-refractivity contribution in [3.8, 4) is 0 Å². The predicted octanol–water partition coefficient (Wildman–Crippen LogP) is 3.51. The molecule has 0 aliphatic heterocycles. The first-order valence-electron chi connectivity index (χ1n) is 8.55. The van der Waals surface area contributed by atoms with Crippen LogP contribution >= 0.6 is 0 Å². The molecule has 1 saturated carbocycles. The first-order valence-corrected chi connectivity index (χ1v) is 8.55. The van der Waals surface area contributed by atoms with Crippen LogP contribution in [0.1, 0.15) is 43.7 Å². The summed E-state index contributed by atoms with van der Waals surface area (Å²) in [6.45, 7) is 0.851. The summed E-state index contributed by atoms with van der Waals surface area (Å²) in [7, 11) is 1.93. The zero-order valence-electron chi connectivity index (χ0n) is 13.8. The van der Waals surface area contributed by atoms with Crippen LogP contribution in [0.15, 0.2) is 48.8 Å². The van der Waals surface area contributed by atoms with Crippen molar-refractivity contribution in [3.05, 3.63) is 54.4 Å². The number of aromatic nitrogens is 2. The van der Waals surface area contributed by atoms with Crippen LogP contribution in [-0.4, -0.2) is 34.2 Å². The summed E-state index contributed by atoms with van der Waals surface area (Å²) in [5.74, 6) is 0.761. The maximum absolute atomic E-state index is 13.1. The van der Waals surface area contributed by atoms with Gasteiger partial charge in [-0.05, 0) is 30.4 Å². The van der Waals surface area contributed by atoms with E-state index in [1.165, 1.54) is 32.1 Å². The molecule has 1 amide bonds. The number of amides is 1. The van der Waals surface area contributed by atoms with Crippen molar-refractivity contribution >= 4 is 5.91 Å². The Morgan fingerprint density at radius 2 is 1.96 bits per heavy atom. The average Bonchev–Trinajstić information content (AvgIpc) is 3.11. The van der Waals surface area contributed by atoms with Gasteiger partial charge in [-0.2, -0.15) is 5.10 Å². The summed E-state index contributed by atoms with van der Waals surface area (Å²) in [6, 6.07) is 11.4. The first kappa shape index (κ1) is 15.8. The Balaban J connectivity index is 1.77. The van der Waals surface area contributed by atoms with Gasteiger partial charge < -0.3 is 4.90 Å². The molecule has 4 heteroatoms. The van der Waals surface area contributed by atoms with Crippen molar-refractivity contribution in [2.24, 2.45) is 5.92 Å². The number of hydrogen-bond acceptors (Lipinski definition) is 2. The van der Waals surface area contributed by atoms with Gasteiger partial charge in [-0.1, -0.05) is 49.6 Å². The molecule has 1 aromatic heterocycles. The molecule has 2 aromatic rings. The second kappa shape index (κ2) is 7.44. The van der Waals surface area contributed by atoms with Gasteiger partial charge in [0.15, 0.2) is 6.04 Å². The topological polar surface area (TPSA) is 38.1 Å². The van der Waals surface area contributed by atoms with Crippen LogP contribution in [-0.2, 0) is 4.79 Å². The molecule has 0 N–H and O–H groups in total. The van der Waals surface area contributed by atoms with Crippen LogP contribution in [0.5, 0.6) is 0 Å². The molecule has 1 unspecified atom stereocenters. The molecule has 0 spiro atoms. The molecule has 23 heavy (non-hydrogen) atoms. The molecule has 0 bridgehead atoms. The molecule has 1 aromatic carbocycles. The van der Waals surface area contributed by atoms with E-state index in [2.05, 4.69) is 5.10 Å². The first-order chi connectivity index (χ1) is 11.3. The summed E-state index contributed by atoms with van der Waals surface area (Å²) in [6.07, 6.45) is 10.0. The van der Waals surface area contributed by atoms with Crippen LogP contribution in [0.4, 0.5) is 0 Å². The molecule has 1 heterocycles. The molecule has 122 valence electrons. The Hall–Kier alpha value is -2.10. The van der Waals surface area contributed by atoms with Gasteiger partial charge >= 0.3 is 0 Å². The van der Waals surface area contributed by atoms with E-state index in [1.54, 1.807) is 10.9 Å². The van der Waals surface area contributed by atoms with E-state index in [4.69, 9.17) is 0 Å². The Morgan fingerprint density at radius 3 is 2.61 bits per heavy atom. The lowest BCUT2D eigenvalue weighted by atomic mass is 9.89. The number of carbonyl (C=O) groups is 1. The molecule has 1 aliphatic carbocycles. The Labute approximate surface area is 138 Å². The molecule has 0 radical (unpaired) electrons. The van der Waals surface area contributed by atoms with E-state index in [-0.39, 0.29) is 11.9 Å². The summed E-state index contributed by atoms with van der Waals surface area (Å²) < 4.78 is 1.76. The number of nitrogens with zero attached hydrogens (tertiary/aromatic N) is 3. The molecule has 1 atom stereocenters. The molecule has 0 saturated heterocycles. The smallest absolute Gasteiger partial charge is 0.251 e. The second-order valence-corrected chi connectivity index (χ2v) is 6.52.